The van der Waals surface area contributed by atoms with Gasteiger partial charge in [0.25, 0.3) is 0 Å². The van der Waals surface area contributed by atoms with E-state index in [0.29, 0.717) is 17.5 Å². The highest BCUT2D eigenvalue weighted by atomic mass is 32.2. The Hall–Kier alpha value is -1.11. The fourth-order valence-corrected chi connectivity index (χ4v) is 4.15. The number of nitrogens with one attached hydrogen (secondary N) is 1. The molecule has 1 aromatic carbocycles. The van der Waals surface area contributed by atoms with Crippen molar-refractivity contribution in [3.8, 4) is 0 Å². The molecule has 0 saturated carbocycles. The van der Waals surface area contributed by atoms with Crippen LogP contribution >= 0.6 is 0 Å². The number of benzene rings is 1. The van der Waals surface area contributed by atoms with Crippen LogP contribution in [-0.4, -0.2) is 39.0 Å². The molecule has 3 fully saturated rings. The van der Waals surface area contributed by atoms with Crippen LogP contribution in [0.15, 0.2) is 23.1 Å². The largest absolute Gasteiger partial charge is 0.381 e. The maximum absolute atomic E-state index is 11.6. The third kappa shape index (κ3) is 2.68. The monoisotopic (exact) mass is 295 g/mol. The van der Waals surface area contributed by atoms with Gasteiger partial charge in [-0.2, -0.15) is 0 Å². The van der Waals surface area contributed by atoms with Crippen molar-refractivity contribution in [2.24, 2.45) is 11.1 Å². The van der Waals surface area contributed by atoms with Gasteiger partial charge in [0.15, 0.2) is 0 Å². The molecule has 0 radical (unpaired) electrons. The SMILES string of the molecule is Cc1ccc(NC2CN3CCC2CC3)cc1S(N)(=O)=O. The molecule has 1 atom stereocenters. The lowest BCUT2D eigenvalue weighted by atomic mass is 9.84. The van der Waals surface area contributed by atoms with E-state index < -0.39 is 10.0 Å². The Bertz CT molecular complexity index is 607. The number of nitrogens with two attached hydrogens (primary N) is 1. The van der Waals surface area contributed by atoms with Crippen LogP contribution in [0.5, 0.6) is 0 Å². The van der Waals surface area contributed by atoms with E-state index in [-0.39, 0.29) is 4.90 Å². The molecule has 3 aliphatic heterocycles. The maximum Gasteiger partial charge on any atom is 0.238 e. The van der Waals surface area contributed by atoms with Gasteiger partial charge in [-0.3, -0.25) is 0 Å². The first kappa shape index (κ1) is 13.9. The quantitative estimate of drug-likeness (QED) is 0.877. The highest BCUT2D eigenvalue weighted by Crippen LogP contribution is 2.30. The molecule has 20 heavy (non-hydrogen) atoms. The van der Waals surface area contributed by atoms with Crippen molar-refractivity contribution in [3.63, 3.8) is 0 Å². The van der Waals surface area contributed by atoms with E-state index in [4.69, 9.17) is 5.14 Å². The summed E-state index contributed by atoms with van der Waals surface area (Å²) >= 11 is 0. The molecule has 0 spiro atoms. The molecule has 5 nitrogen and oxygen atoms in total. The molecule has 1 aromatic rings. The zero-order valence-corrected chi connectivity index (χ0v) is 12.5. The Morgan fingerprint density at radius 1 is 1.30 bits per heavy atom. The van der Waals surface area contributed by atoms with Crippen LogP contribution in [0.2, 0.25) is 0 Å². The first-order valence-corrected chi connectivity index (χ1v) is 8.60. The van der Waals surface area contributed by atoms with Crippen molar-refractivity contribution in [1.82, 2.24) is 4.90 Å². The molecular formula is C14H21N3O2S. The predicted octanol–water partition coefficient (Wildman–Crippen LogP) is 1.15. The lowest BCUT2D eigenvalue weighted by Crippen LogP contribution is -2.53. The van der Waals surface area contributed by atoms with Gasteiger partial charge in [0, 0.05) is 18.3 Å². The van der Waals surface area contributed by atoms with Crippen LogP contribution in [-0.2, 0) is 10.0 Å². The van der Waals surface area contributed by atoms with Crippen LogP contribution in [0.1, 0.15) is 18.4 Å². The van der Waals surface area contributed by atoms with Crippen LogP contribution in [0.4, 0.5) is 5.69 Å². The van der Waals surface area contributed by atoms with Gasteiger partial charge < -0.3 is 10.2 Å². The van der Waals surface area contributed by atoms with Gasteiger partial charge in [-0.25, -0.2) is 13.6 Å². The molecule has 3 saturated heterocycles. The first-order valence-electron chi connectivity index (χ1n) is 7.06. The number of hydrogen-bond acceptors (Lipinski definition) is 4. The Labute approximate surface area is 120 Å². The van der Waals surface area contributed by atoms with E-state index in [2.05, 4.69) is 10.2 Å². The summed E-state index contributed by atoms with van der Waals surface area (Å²) < 4.78 is 23.1. The second kappa shape index (κ2) is 5.02. The zero-order chi connectivity index (χ0) is 14.3. The standard InChI is InChI=1S/C14H21N3O2S/c1-10-2-3-12(8-14(10)20(15,18)19)16-13-9-17-6-4-11(13)5-7-17/h2-3,8,11,13,16H,4-7,9H2,1H3,(H2,15,18,19). The molecule has 1 unspecified atom stereocenters. The number of sulfonamides is 1. The minimum Gasteiger partial charge on any atom is -0.381 e. The summed E-state index contributed by atoms with van der Waals surface area (Å²) in [5.41, 5.74) is 1.53. The molecule has 0 amide bonds. The van der Waals surface area contributed by atoms with Crippen LogP contribution < -0.4 is 10.5 Å². The smallest absolute Gasteiger partial charge is 0.238 e. The second-order valence-electron chi connectivity index (χ2n) is 5.91. The van der Waals surface area contributed by atoms with Gasteiger partial charge in [0.2, 0.25) is 10.0 Å². The Morgan fingerprint density at radius 3 is 2.55 bits per heavy atom. The molecular weight excluding hydrogens is 274 g/mol. The summed E-state index contributed by atoms with van der Waals surface area (Å²) in [4.78, 5) is 2.68. The average Bonchev–Trinajstić information content (AvgIpc) is 2.41. The Balaban J connectivity index is 1.81. The van der Waals surface area contributed by atoms with Crippen molar-refractivity contribution in [1.29, 1.82) is 0 Å². The first-order chi connectivity index (χ1) is 9.43. The molecule has 3 aliphatic rings. The van der Waals surface area contributed by atoms with Gasteiger partial charge in [-0.1, -0.05) is 6.07 Å². The van der Waals surface area contributed by atoms with Crippen LogP contribution in [0.25, 0.3) is 0 Å². The maximum atomic E-state index is 11.6. The third-order valence-electron chi connectivity index (χ3n) is 4.50. The average molecular weight is 295 g/mol. The zero-order valence-electron chi connectivity index (χ0n) is 11.7. The van der Waals surface area contributed by atoms with E-state index in [1.807, 2.05) is 12.1 Å². The van der Waals surface area contributed by atoms with E-state index in [1.54, 1.807) is 13.0 Å². The fraction of sp³-hybridized carbons (Fsp3) is 0.571. The van der Waals surface area contributed by atoms with E-state index in [1.165, 1.54) is 25.9 Å². The van der Waals surface area contributed by atoms with E-state index >= 15 is 0 Å². The topological polar surface area (TPSA) is 75.4 Å². The Kier molecular flexibility index (Phi) is 3.48. The van der Waals surface area contributed by atoms with Crippen molar-refractivity contribution >= 4 is 15.7 Å². The fourth-order valence-electron chi connectivity index (χ4n) is 3.34. The predicted molar refractivity (Wildman–Crippen MR) is 79.1 cm³/mol. The van der Waals surface area contributed by atoms with Crippen LogP contribution in [0, 0.1) is 12.8 Å². The van der Waals surface area contributed by atoms with E-state index in [0.717, 1.165) is 12.2 Å². The summed E-state index contributed by atoms with van der Waals surface area (Å²) in [5, 5.41) is 8.75. The normalized spacial score (nSPS) is 29.4. The van der Waals surface area contributed by atoms with E-state index in [9.17, 15) is 8.42 Å². The van der Waals surface area contributed by atoms with Crippen LogP contribution in [0.3, 0.4) is 0 Å². The van der Waals surface area contributed by atoms with Gasteiger partial charge in [-0.05, 0) is 56.5 Å². The summed E-state index contributed by atoms with van der Waals surface area (Å²) in [5.74, 6) is 0.694. The second-order valence-corrected chi connectivity index (χ2v) is 7.44. The molecule has 6 heteroatoms. The number of fused-ring (bicyclic) bond motifs is 3. The van der Waals surface area contributed by atoms with Crippen molar-refractivity contribution < 1.29 is 8.42 Å². The summed E-state index contributed by atoms with van der Waals surface area (Å²) in [6.45, 7) is 5.19. The van der Waals surface area contributed by atoms with Gasteiger partial charge in [-0.15, -0.1) is 0 Å². The van der Waals surface area contributed by atoms with Crippen molar-refractivity contribution in [2.45, 2.75) is 30.7 Å². The lowest BCUT2D eigenvalue weighted by molar-refractivity contribution is 0.0975. The highest BCUT2D eigenvalue weighted by Gasteiger charge is 2.33. The minimum absolute atomic E-state index is 0.212. The molecule has 110 valence electrons. The lowest BCUT2D eigenvalue weighted by Gasteiger charge is -2.45. The molecule has 3 heterocycles. The summed E-state index contributed by atoms with van der Waals surface area (Å²) in [6.07, 6.45) is 2.46. The molecule has 4 rings (SSSR count). The minimum atomic E-state index is -3.66. The molecule has 3 N–H and O–H groups in total. The molecule has 0 aliphatic carbocycles. The summed E-state index contributed by atoms with van der Waals surface area (Å²) in [7, 11) is -3.66. The number of rotatable bonds is 3. The van der Waals surface area contributed by atoms with Gasteiger partial charge in [0.05, 0.1) is 4.90 Å². The Morgan fingerprint density at radius 2 is 2.00 bits per heavy atom. The number of primary sulfonamides is 1. The highest BCUT2D eigenvalue weighted by molar-refractivity contribution is 7.89. The number of piperidine rings is 3. The van der Waals surface area contributed by atoms with Crippen molar-refractivity contribution in [3.05, 3.63) is 23.8 Å². The number of hydrogen-bond donors (Lipinski definition) is 2. The van der Waals surface area contributed by atoms with Gasteiger partial charge >= 0.3 is 0 Å². The summed E-state index contributed by atoms with van der Waals surface area (Å²) in [6, 6.07) is 5.81. The number of nitrogens with zero attached hydrogens (tertiary/aromatic N) is 1. The van der Waals surface area contributed by atoms with Gasteiger partial charge in [0.1, 0.15) is 0 Å². The van der Waals surface area contributed by atoms with Crippen molar-refractivity contribution in [2.75, 3.05) is 25.0 Å². The third-order valence-corrected chi connectivity index (χ3v) is 5.56. The number of aryl methyl sites for hydroxylation is 1. The molecule has 0 aromatic heterocycles. The molecule has 2 bridgehead atoms. The number of anilines is 1.